The Balaban J connectivity index is 3.02. The van der Waals surface area contributed by atoms with Gasteiger partial charge >= 0.3 is 0 Å². The average molecular weight is 201 g/mol. The van der Waals surface area contributed by atoms with Crippen LogP contribution in [-0.2, 0) is 12.4 Å². The molecule has 72 valence electrons. The molecule has 3 nitrogen and oxygen atoms in total. The molecular weight excluding hydrogens is 188 g/mol. The Morgan fingerprint density at radius 2 is 2.31 bits per heavy atom. The topological polar surface area (TPSA) is 34.9 Å². The first-order valence-corrected chi connectivity index (χ1v) is 4.79. The molecule has 0 fully saturated rings. The zero-order valence-corrected chi connectivity index (χ0v) is 8.58. The highest BCUT2D eigenvalue weighted by Crippen LogP contribution is 1.97. The standard InChI is InChI=1S/C9H13ClN2O/c1-7(2)6-12-9(13)8(5-10)3-4-11-12/h3-4,7H,5-6H2,1-2H3. The lowest BCUT2D eigenvalue weighted by atomic mass is 10.2. The van der Waals surface area contributed by atoms with Crippen molar-refractivity contribution in [3.8, 4) is 0 Å². The third-order valence-electron chi connectivity index (χ3n) is 1.67. The summed E-state index contributed by atoms with van der Waals surface area (Å²) in [6.45, 7) is 4.73. The fourth-order valence-corrected chi connectivity index (χ4v) is 1.27. The van der Waals surface area contributed by atoms with Crippen molar-refractivity contribution < 1.29 is 0 Å². The lowest BCUT2D eigenvalue weighted by Gasteiger charge is -2.07. The van der Waals surface area contributed by atoms with Gasteiger partial charge < -0.3 is 0 Å². The largest absolute Gasteiger partial charge is 0.271 e. The molecule has 1 aromatic heterocycles. The van der Waals surface area contributed by atoms with Crippen LogP contribution in [0.4, 0.5) is 0 Å². The molecule has 0 aromatic carbocycles. The first kappa shape index (κ1) is 10.3. The molecule has 0 saturated heterocycles. The number of hydrogen-bond acceptors (Lipinski definition) is 2. The van der Waals surface area contributed by atoms with Crippen LogP contribution >= 0.6 is 11.6 Å². The van der Waals surface area contributed by atoms with Gasteiger partial charge in [0.05, 0.1) is 5.88 Å². The number of hydrogen-bond donors (Lipinski definition) is 0. The third-order valence-corrected chi connectivity index (χ3v) is 1.96. The molecule has 1 rings (SSSR count). The van der Waals surface area contributed by atoms with Gasteiger partial charge in [-0.2, -0.15) is 5.10 Å². The Morgan fingerprint density at radius 3 is 2.85 bits per heavy atom. The molecule has 0 unspecified atom stereocenters. The Hall–Kier alpha value is -0.830. The molecule has 13 heavy (non-hydrogen) atoms. The minimum atomic E-state index is -0.0776. The van der Waals surface area contributed by atoms with E-state index in [9.17, 15) is 4.79 Å². The van der Waals surface area contributed by atoms with Crippen molar-refractivity contribution in [1.29, 1.82) is 0 Å². The molecule has 0 amide bonds. The van der Waals surface area contributed by atoms with Crippen LogP contribution in [0.2, 0.25) is 0 Å². The number of rotatable bonds is 3. The minimum absolute atomic E-state index is 0.0776. The summed E-state index contributed by atoms with van der Waals surface area (Å²) in [5, 5.41) is 3.97. The van der Waals surface area contributed by atoms with Crippen molar-refractivity contribution in [2.24, 2.45) is 5.92 Å². The molecule has 4 heteroatoms. The Bertz CT molecular complexity index is 333. The Morgan fingerprint density at radius 1 is 1.62 bits per heavy atom. The smallest absolute Gasteiger partial charge is 0.267 e. The zero-order chi connectivity index (χ0) is 9.84. The van der Waals surface area contributed by atoms with E-state index in [2.05, 4.69) is 5.10 Å². The van der Waals surface area contributed by atoms with Crippen LogP contribution in [0.15, 0.2) is 17.1 Å². The molecule has 0 atom stereocenters. The van der Waals surface area contributed by atoms with Crippen molar-refractivity contribution in [3.63, 3.8) is 0 Å². The van der Waals surface area contributed by atoms with Crippen molar-refractivity contribution in [2.75, 3.05) is 0 Å². The van der Waals surface area contributed by atoms with E-state index >= 15 is 0 Å². The van der Waals surface area contributed by atoms with Gasteiger partial charge in [-0.25, -0.2) is 4.68 Å². The zero-order valence-electron chi connectivity index (χ0n) is 7.83. The van der Waals surface area contributed by atoms with Gasteiger partial charge in [0.15, 0.2) is 0 Å². The van der Waals surface area contributed by atoms with Gasteiger partial charge in [0.1, 0.15) is 0 Å². The van der Waals surface area contributed by atoms with Gasteiger partial charge in [0, 0.05) is 18.3 Å². The fraction of sp³-hybridized carbons (Fsp3) is 0.556. The van der Waals surface area contributed by atoms with Crippen molar-refractivity contribution in [1.82, 2.24) is 9.78 Å². The van der Waals surface area contributed by atoms with Gasteiger partial charge in [0.25, 0.3) is 5.56 Å². The van der Waals surface area contributed by atoms with Gasteiger partial charge in [0.2, 0.25) is 0 Å². The van der Waals surface area contributed by atoms with Crippen molar-refractivity contribution in [2.45, 2.75) is 26.3 Å². The molecule has 0 aliphatic carbocycles. The van der Waals surface area contributed by atoms with Crippen LogP contribution in [-0.4, -0.2) is 9.78 Å². The van der Waals surface area contributed by atoms with Crippen molar-refractivity contribution in [3.05, 3.63) is 28.2 Å². The van der Waals surface area contributed by atoms with E-state index in [0.29, 0.717) is 18.0 Å². The molecule has 1 heterocycles. The first-order valence-electron chi connectivity index (χ1n) is 4.26. The van der Waals surface area contributed by atoms with Gasteiger partial charge in [-0.15, -0.1) is 11.6 Å². The van der Waals surface area contributed by atoms with E-state index in [1.165, 1.54) is 4.68 Å². The van der Waals surface area contributed by atoms with E-state index in [1.54, 1.807) is 12.3 Å². The highest BCUT2D eigenvalue weighted by molar-refractivity contribution is 6.17. The number of halogens is 1. The molecule has 0 radical (unpaired) electrons. The average Bonchev–Trinajstić information content (AvgIpc) is 2.08. The number of alkyl halides is 1. The van der Waals surface area contributed by atoms with Crippen LogP contribution in [0.1, 0.15) is 19.4 Å². The highest BCUT2D eigenvalue weighted by atomic mass is 35.5. The summed E-state index contributed by atoms with van der Waals surface area (Å²) < 4.78 is 1.46. The maximum Gasteiger partial charge on any atom is 0.271 e. The van der Waals surface area contributed by atoms with Crippen LogP contribution < -0.4 is 5.56 Å². The molecular formula is C9H13ClN2O. The monoisotopic (exact) mass is 200 g/mol. The summed E-state index contributed by atoms with van der Waals surface area (Å²) in [5.74, 6) is 0.662. The highest BCUT2D eigenvalue weighted by Gasteiger charge is 2.04. The summed E-state index contributed by atoms with van der Waals surface area (Å²) in [6.07, 6.45) is 1.61. The first-order chi connectivity index (χ1) is 6.15. The second-order valence-electron chi connectivity index (χ2n) is 3.37. The number of aromatic nitrogens is 2. The third kappa shape index (κ3) is 2.56. The molecule has 0 saturated carbocycles. The van der Waals surface area contributed by atoms with E-state index in [4.69, 9.17) is 11.6 Å². The summed E-state index contributed by atoms with van der Waals surface area (Å²) in [4.78, 5) is 11.6. The maximum atomic E-state index is 11.6. The molecule has 0 aliphatic heterocycles. The normalized spacial score (nSPS) is 10.8. The van der Waals surface area contributed by atoms with Gasteiger partial charge in [-0.3, -0.25) is 4.79 Å². The second-order valence-corrected chi connectivity index (χ2v) is 3.64. The fourth-order valence-electron chi connectivity index (χ4n) is 1.07. The van der Waals surface area contributed by atoms with Crippen LogP contribution in [0.25, 0.3) is 0 Å². The summed E-state index contributed by atoms with van der Waals surface area (Å²) >= 11 is 5.60. The molecule has 0 bridgehead atoms. The number of nitrogens with zero attached hydrogens (tertiary/aromatic N) is 2. The van der Waals surface area contributed by atoms with Gasteiger partial charge in [-0.1, -0.05) is 13.8 Å². The molecule has 1 aromatic rings. The van der Waals surface area contributed by atoms with E-state index in [-0.39, 0.29) is 11.4 Å². The summed E-state index contributed by atoms with van der Waals surface area (Å²) in [5.41, 5.74) is 0.531. The van der Waals surface area contributed by atoms with Gasteiger partial charge in [-0.05, 0) is 12.0 Å². The SMILES string of the molecule is CC(C)Cn1nccc(CCl)c1=O. The van der Waals surface area contributed by atoms with Crippen LogP contribution in [0.3, 0.4) is 0 Å². The van der Waals surface area contributed by atoms with Crippen LogP contribution in [0, 0.1) is 5.92 Å². The minimum Gasteiger partial charge on any atom is -0.267 e. The predicted octanol–water partition coefficient (Wildman–Crippen LogP) is 1.64. The Kier molecular flexibility index (Phi) is 3.48. The maximum absolute atomic E-state index is 11.6. The second kappa shape index (κ2) is 4.42. The molecule has 0 spiro atoms. The molecule has 0 N–H and O–H groups in total. The van der Waals surface area contributed by atoms with Crippen LogP contribution in [0.5, 0.6) is 0 Å². The lowest BCUT2D eigenvalue weighted by Crippen LogP contribution is -2.27. The quantitative estimate of drug-likeness (QED) is 0.696. The van der Waals surface area contributed by atoms with Crippen molar-refractivity contribution >= 4 is 11.6 Å². The summed E-state index contributed by atoms with van der Waals surface area (Å²) in [7, 11) is 0. The lowest BCUT2D eigenvalue weighted by molar-refractivity contribution is 0.461. The molecule has 0 aliphatic rings. The van der Waals surface area contributed by atoms with E-state index in [1.807, 2.05) is 13.8 Å². The summed E-state index contributed by atoms with van der Waals surface area (Å²) in [6, 6.07) is 1.66. The van der Waals surface area contributed by atoms with E-state index in [0.717, 1.165) is 0 Å². The Labute approximate surface area is 82.3 Å². The predicted molar refractivity (Wildman–Crippen MR) is 52.9 cm³/mol. The van der Waals surface area contributed by atoms with E-state index < -0.39 is 0 Å².